The summed E-state index contributed by atoms with van der Waals surface area (Å²) in [5, 5.41) is 2.87. The molecule has 0 aromatic heterocycles. The number of carbonyl (C=O) groups excluding carboxylic acids is 1. The Balaban J connectivity index is 1.66. The molecule has 0 spiro atoms. The molecule has 0 bridgehead atoms. The van der Waals surface area contributed by atoms with E-state index in [1.54, 1.807) is 0 Å². The van der Waals surface area contributed by atoms with E-state index in [-0.39, 0.29) is 18.1 Å². The van der Waals surface area contributed by atoms with Gasteiger partial charge in [0, 0.05) is 19.0 Å². The molecule has 0 saturated carbocycles. The van der Waals surface area contributed by atoms with Gasteiger partial charge in [-0.1, -0.05) is 30.3 Å². The minimum Gasteiger partial charge on any atom is -0.353 e. The predicted molar refractivity (Wildman–Crippen MR) is 80.5 cm³/mol. The van der Waals surface area contributed by atoms with Crippen LogP contribution in [0.1, 0.15) is 38.3 Å². The van der Waals surface area contributed by atoms with Crippen LogP contribution < -0.4 is 11.1 Å². The van der Waals surface area contributed by atoms with Crippen molar-refractivity contribution in [3.8, 4) is 0 Å². The second kappa shape index (κ2) is 7.02. The van der Waals surface area contributed by atoms with E-state index < -0.39 is 5.79 Å². The maximum absolute atomic E-state index is 11.8. The molecule has 1 heterocycles. The van der Waals surface area contributed by atoms with Crippen molar-refractivity contribution in [3.05, 3.63) is 35.9 Å². The summed E-state index contributed by atoms with van der Waals surface area (Å²) in [5.74, 6) is -0.555. The van der Waals surface area contributed by atoms with Gasteiger partial charge >= 0.3 is 0 Å². The lowest BCUT2D eigenvalue weighted by Crippen LogP contribution is -2.34. The SMILES string of the molecule is CC1(C)OCC(CNC(=O)CCC(N)c2ccccc2)O1. The number of benzene rings is 1. The first-order valence-electron chi connectivity index (χ1n) is 7.35. The highest BCUT2D eigenvalue weighted by molar-refractivity contribution is 5.75. The minimum absolute atomic E-state index is 0.00492. The molecule has 21 heavy (non-hydrogen) atoms. The van der Waals surface area contributed by atoms with Gasteiger partial charge < -0.3 is 20.5 Å². The number of carbonyl (C=O) groups is 1. The van der Waals surface area contributed by atoms with Gasteiger partial charge in [-0.25, -0.2) is 0 Å². The van der Waals surface area contributed by atoms with Gasteiger partial charge in [-0.05, 0) is 25.8 Å². The third-order valence-electron chi connectivity index (χ3n) is 3.50. The molecule has 1 aromatic rings. The zero-order valence-corrected chi connectivity index (χ0v) is 12.7. The van der Waals surface area contributed by atoms with Crippen LogP contribution in [0.4, 0.5) is 0 Å². The van der Waals surface area contributed by atoms with Gasteiger partial charge in [0.05, 0.1) is 6.61 Å². The van der Waals surface area contributed by atoms with Crippen molar-refractivity contribution in [1.82, 2.24) is 5.32 Å². The van der Waals surface area contributed by atoms with Crippen molar-refractivity contribution in [2.75, 3.05) is 13.2 Å². The van der Waals surface area contributed by atoms with Gasteiger partial charge in [0.15, 0.2) is 5.79 Å². The van der Waals surface area contributed by atoms with Crippen molar-refractivity contribution in [1.29, 1.82) is 0 Å². The number of nitrogens with two attached hydrogens (primary N) is 1. The highest BCUT2D eigenvalue weighted by atomic mass is 16.7. The summed E-state index contributed by atoms with van der Waals surface area (Å²) in [6.07, 6.45) is 0.961. The summed E-state index contributed by atoms with van der Waals surface area (Å²) in [6, 6.07) is 9.71. The standard InChI is InChI=1S/C16H24N2O3/c1-16(2)20-11-13(21-16)10-18-15(19)9-8-14(17)12-6-4-3-5-7-12/h3-7,13-14H,8-11,17H2,1-2H3,(H,18,19). The van der Waals surface area contributed by atoms with E-state index in [2.05, 4.69) is 5.32 Å². The Labute approximate surface area is 125 Å². The lowest BCUT2D eigenvalue weighted by Gasteiger charge is -2.17. The summed E-state index contributed by atoms with van der Waals surface area (Å²) in [7, 11) is 0. The van der Waals surface area contributed by atoms with Crippen LogP contribution in [-0.2, 0) is 14.3 Å². The van der Waals surface area contributed by atoms with E-state index in [9.17, 15) is 4.79 Å². The van der Waals surface area contributed by atoms with E-state index in [0.29, 0.717) is 26.0 Å². The van der Waals surface area contributed by atoms with Gasteiger partial charge in [-0.15, -0.1) is 0 Å². The maximum atomic E-state index is 11.8. The zero-order valence-electron chi connectivity index (χ0n) is 12.7. The Morgan fingerprint density at radius 1 is 1.43 bits per heavy atom. The number of amides is 1. The molecule has 3 N–H and O–H groups in total. The Kier molecular flexibility index (Phi) is 5.33. The van der Waals surface area contributed by atoms with Crippen molar-refractivity contribution in [2.24, 2.45) is 5.73 Å². The first-order valence-corrected chi connectivity index (χ1v) is 7.35. The van der Waals surface area contributed by atoms with Gasteiger partial charge in [0.1, 0.15) is 6.10 Å². The molecule has 2 atom stereocenters. The molecule has 2 unspecified atom stereocenters. The number of ether oxygens (including phenoxy) is 2. The van der Waals surface area contributed by atoms with E-state index in [0.717, 1.165) is 5.56 Å². The van der Waals surface area contributed by atoms with Crippen LogP contribution in [0.2, 0.25) is 0 Å². The molecule has 116 valence electrons. The van der Waals surface area contributed by atoms with Crippen LogP contribution >= 0.6 is 0 Å². The Hall–Kier alpha value is -1.43. The van der Waals surface area contributed by atoms with Crippen molar-refractivity contribution in [2.45, 2.75) is 44.6 Å². The molecule has 1 aliphatic rings. The molecule has 0 aliphatic carbocycles. The van der Waals surface area contributed by atoms with Crippen LogP contribution in [0.3, 0.4) is 0 Å². The first kappa shape index (κ1) is 15.9. The second-order valence-electron chi connectivity index (χ2n) is 5.81. The fourth-order valence-corrected chi connectivity index (χ4v) is 2.33. The number of hydrogen-bond donors (Lipinski definition) is 2. The highest BCUT2D eigenvalue weighted by Gasteiger charge is 2.32. The van der Waals surface area contributed by atoms with Crippen LogP contribution in [-0.4, -0.2) is 30.9 Å². The molecule has 1 aliphatic heterocycles. The van der Waals surface area contributed by atoms with Gasteiger partial charge in [-0.2, -0.15) is 0 Å². The Morgan fingerprint density at radius 2 is 2.14 bits per heavy atom. The molecule has 1 saturated heterocycles. The van der Waals surface area contributed by atoms with Gasteiger partial charge in [0.2, 0.25) is 5.91 Å². The van der Waals surface area contributed by atoms with Crippen LogP contribution in [0.15, 0.2) is 30.3 Å². The summed E-state index contributed by atoms with van der Waals surface area (Å²) in [4.78, 5) is 11.8. The number of rotatable bonds is 6. The summed E-state index contributed by atoms with van der Waals surface area (Å²) < 4.78 is 11.1. The lowest BCUT2D eigenvalue weighted by molar-refractivity contribution is -0.139. The molecule has 1 aromatic carbocycles. The predicted octanol–water partition coefficient (Wildman–Crippen LogP) is 1.73. The second-order valence-corrected chi connectivity index (χ2v) is 5.81. The van der Waals surface area contributed by atoms with Crippen molar-refractivity contribution < 1.29 is 14.3 Å². The smallest absolute Gasteiger partial charge is 0.220 e. The fraction of sp³-hybridized carbons (Fsp3) is 0.562. The zero-order chi connectivity index (χ0) is 15.3. The topological polar surface area (TPSA) is 73.6 Å². The van der Waals surface area contributed by atoms with Gasteiger partial charge in [-0.3, -0.25) is 4.79 Å². The largest absolute Gasteiger partial charge is 0.353 e. The normalized spacial score (nSPS) is 22.0. The average Bonchev–Trinajstić information content (AvgIpc) is 2.83. The summed E-state index contributed by atoms with van der Waals surface area (Å²) >= 11 is 0. The van der Waals surface area contributed by atoms with Crippen LogP contribution in [0.25, 0.3) is 0 Å². The minimum atomic E-state index is -0.551. The summed E-state index contributed by atoms with van der Waals surface area (Å²) in [6.45, 7) is 4.72. The molecular formula is C16H24N2O3. The van der Waals surface area contributed by atoms with E-state index in [1.807, 2.05) is 44.2 Å². The first-order chi connectivity index (χ1) is 9.96. The third kappa shape index (κ3) is 5.12. The van der Waals surface area contributed by atoms with Crippen LogP contribution in [0.5, 0.6) is 0 Å². The Morgan fingerprint density at radius 3 is 2.76 bits per heavy atom. The molecule has 5 nitrogen and oxygen atoms in total. The van der Waals surface area contributed by atoms with E-state index >= 15 is 0 Å². The van der Waals surface area contributed by atoms with Gasteiger partial charge in [0.25, 0.3) is 0 Å². The number of hydrogen-bond acceptors (Lipinski definition) is 4. The van der Waals surface area contributed by atoms with Crippen molar-refractivity contribution >= 4 is 5.91 Å². The molecule has 2 rings (SSSR count). The quantitative estimate of drug-likeness (QED) is 0.837. The third-order valence-corrected chi connectivity index (χ3v) is 3.50. The van der Waals surface area contributed by atoms with E-state index in [1.165, 1.54) is 0 Å². The summed E-state index contributed by atoms with van der Waals surface area (Å²) in [5.41, 5.74) is 7.13. The number of nitrogens with one attached hydrogen (secondary N) is 1. The molecule has 1 amide bonds. The maximum Gasteiger partial charge on any atom is 0.220 e. The average molecular weight is 292 g/mol. The van der Waals surface area contributed by atoms with Crippen molar-refractivity contribution in [3.63, 3.8) is 0 Å². The monoisotopic (exact) mass is 292 g/mol. The molecule has 5 heteroatoms. The fourth-order valence-electron chi connectivity index (χ4n) is 2.33. The Bertz CT molecular complexity index is 462. The van der Waals surface area contributed by atoms with Crippen LogP contribution in [0, 0.1) is 0 Å². The molecular weight excluding hydrogens is 268 g/mol. The lowest BCUT2D eigenvalue weighted by atomic mass is 10.0. The molecule has 1 fully saturated rings. The molecule has 0 radical (unpaired) electrons. The highest BCUT2D eigenvalue weighted by Crippen LogP contribution is 2.21. The van der Waals surface area contributed by atoms with E-state index in [4.69, 9.17) is 15.2 Å².